The van der Waals surface area contributed by atoms with E-state index in [-0.39, 0.29) is 18.0 Å². The summed E-state index contributed by atoms with van der Waals surface area (Å²) in [5, 5.41) is 8.64. The zero-order valence-electron chi connectivity index (χ0n) is 14.5. The molecule has 0 heterocycles. The second-order valence-corrected chi connectivity index (χ2v) is 6.35. The van der Waals surface area contributed by atoms with Gasteiger partial charge in [-0.15, -0.1) is 0 Å². The Hall–Kier alpha value is -2.82. The van der Waals surface area contributed by atoms with Gasteiger partial charge in [-0.3, -0.25) is 4.79 Å². The lowest BCUT2D eigenvalue weighted by atomic mass is 10.1. The smallest absolute Gasteiger partial charge is 0.319 e. The third-order valence-electron chi connectivity index (χ3n) is 4.41. The van der Waals surface area contributed by atoms with E-state index in [2.05, 4.69) is 28.1 Å². The molecule has 5 heteroatoms. The zero-order chi connectivity index (χ0) is 17.8. The molecule has 25 heavy (non-hydrogen) atoms. The lowest BCUT2D eigenvalue weighted by Crippen LogP contribution is -2.31. The molecule has 1 aliphatic rings. The van der Waals surface area contributed by atoms with Gasteiger partial charge in [-0.1, -0.05) is 30.3 Å². The number of carbonyl (C=O) groups is 2. The van der Waals surface area contributed by atoms with Gasteiger partial charge < -0.3 is 16.0 Å². The predicted molar refractivity (Wildman–Crippen MR) is 98.9 cm³/mol. The van der Waals surface area contributed by atoms with E-state index in [9.17, 15) is 9.59 Å². The van der Waals surface area contributed by atoms with Crippen molar-refractivity contribution in [2.45, 2.75) is 32.2 Å². The quantitative estimate of drug-likeness (QED) is 0.782. The molecule has 0 aliphatic heterocycles. The first-order chi connectivity index (χ1) is 12.1. The highest BCUT2D eigenvalue weighted by Gasteiger charge is 2.39. The molecule has 0 saturated heterocycles. The van der Waals surface area contributed by atoms with Crippen molar-refractivity contribution in [3.8, 4) is 0 Å². The van der Waals surface area contributed by atoms with E-state index in [1.54, 1.807) is 18.2 Å². The van der Waals surface area contributed by atoms with Crippen molar-refractivity contribution in [3.05, 3.63) is 65.2 Å². The fourth-order valence-corrected chi connectivity index (χ4v) is 2.96. The number of benzene rings is 2. The second kappa shape index (κ2) is 7.38. The first-order valence-electron chi connectivity index (χ1n) is 8.59. The van der Waals surface area contributed by atoms with Gasteiger partial charge in [-0.25, -0.2) is 4.79 Å². The van der Waals surface area contributed by atoms with Crippen LogP contribution in [0, 0.1) is 6.92 Å². The van der Waals surface area contributed by atoms with Crippen LogP contribution in [0.2, 0.25) is 0 Å². The summed E-state index contributed by atoms with van der Waals surface area (Å²) in [6, 6.07) is 15.4. The van der Waals surface area contributed by atoms with Crippen molar-refractivity contribution in [2.24, 2.45) is 0 Å². The van der Waals surface area contributed by atoms with Gasteiger partial charge in [0.25, 0.3) is 5.91 Å². The topological polar surface area (TPSA) is 70.2 Å². The van der Waals surface area contributed by atoms with Crippen molar-refractivity contribution >= 4 is 17.6 Å². The number of urea groups is 1. The third-order valence-corrected chi connectivity index (χ3v) is 4.41. The van der Waals surface area contributed by atoms with Crippen LogP contribution in [-0.2, 0) is 0 Å². The van der Waals surface area contributed by atoms with Crippen LogP contribution in [0.15, 0.2) is 48.5 Å². The molecule has 5 nitrogen and oxygen atoms in total. The van der Waals surface area contributed by atoms with E-state index >= 15 is 0 Å². The number of nitrogens with one attached hydrogen (secondary N) is 3. The lowest BCUT2D eigenvalue weighted by Gasteiger charge is -2.11. The second-order valence-electron chi connectivity index (χ2n) is 6.35. The maximum Gasteiger partial charge on any atom is 0.319 e. The summed E-state index contributed by atoms with van der Waals surface area (Å²) in [6.07, 6.45) is 0.965. The van der Waals surface area contributed by atoms with Crippen LogP contribution >= 0.6 is 0 Å². The van der Waals surface area contributed by atoms with E-state index < -0.39 is 0 Å². The van der Waals surface area contributed by atoms with E-state index in [0.717, 1.165) is 12.0 Å². The summed E-state index contributed by atoms with van der Waals surface area (Å²) in [5.41, 5.74) is 3.42. The molecule has 1 aliphatic carbocycles. The highest BCUT2D eigenvalue weighted by Crippen LogP contribution is 2.40. The van der Waals surface area contributed by atoms with E-state index in [0.29, 0.717) is 23.7 Å². The zero-order valence-corrected chi connectivity index (χ0v) is 14.5. The Morgan fingerprint density at radius 2 is 1.88 bits per heavy atom. The van der Waals surface area contributed by atoms with Gasteiger partial charge in [0, 0.05) is 29.8 Å². The number of amides is 3. The molecule has 2 atom stereocenters. The Kier molecular flexibility index (Phi) is 5.03. The molecule has 2 unspecified atom stereocenters. The highest BCUT2D eigenvalue weighted by molar-refractivity contribution is 5.96. The van der Waals surface area contributed by atoms with Crippen molar-refractivity contribution in [1.29, 1.82) is 0 Å². The fourth-order valence-electron chi connectivity index (χ4n) is 2.96. The number of hydrogen-bond donors (Lipinski definition) is 3. The summed E-state index contributed by atoms with van der Waals surface area (Å²) in [5.74, 6) is 0.290. The molecule has 3 amide bonds. The first-order valence-corrected chi connectivity index (χ1v) is 8.59. The Morgan fingerprint density at radius 1 is 1.12 bits per heavy atom. The van der Waals surface area contributed by atoms with Crippen LogP contribution in [0.4, 0.5) is 10.5 Å². The average Bonchev–Trinajstić information content (AvgIpc) is 3.36. The van der Waals surface area contributed by atoms with Crippen LogP contribution in [-0.4, -0.2) is 24.5 Å². The first kappa shape index (κ1) is 17.0. The molecule has 3 N–H and O–H groups in total. The molecule has 130 valence electrons. The molecular formula is C20H23N3O2. The minimum absolute atomic E-state index is 0.106. The minimum Gasteiger partial charge on any atom is -0.352 e. The van der Waals surface area contributed by atoms with E-state index in [1.807, 2.05) is 32.0 Å². The maximum absolute atomic E-state index is 12.2. The van der Waals surface area contributed by atoms with E-state index in [4.69, 9.17) is 0 Å². The molecule has 2 aromatic rings. The SMILES string of the molecule is CCNC(=O)c1ccc(NC(=O)NC2CC2c2ccccc2)c(C)c1. The third kappa shape index (κ3) is 4.18. The maximum atomic E-state index is 12.2. The Bertz CT molecular complexity index is 774. The molecule has 0 bridgehead atoms. The predicted octanol–water partition coefficient (Wildman–Crippen LogP) is 3.42. The van der Waals surface area contributed by atoms with Gasteiger partial charge in [0.05, 0.1) is 0 Å². The minimum atomic E-state index is -0.211. The van der Waals surface area contributed by atoms with Gasteiger partial charge in [-0.05, 0) is 49.6 Å². The average molecular weight is 337 g/mol. The fraction of sp³-hybridized carbons (Fsp3) is 0.300. The summed E-state index contributed by atoms with van der Waals surface area (Å²) >= 11 is 0. The summed E-state index contributed by atoms with van der Waals surface area (Å²) in [4.78, 5) is 24.1. The molecule has 0 aromatic heterocycles. The highest BCUT2D eigenvalue weighted by atomic mass is 16.2. The lowest BCUT2D eigenvalue weighted by molar-refractivity contribution is 0.0955. The Morgan fingerprint density at radius 3 is 2.56 bits per heavy atom. The van der Waals surface area contributed by atoms with Crippen LogP contribution in [0.1, 0.15) is 40.7 Å². The van der Waals surface area contributed by atoms with Gasteiger partial charge in [-0.2, -0.15) is 0 Å². The molecule has 1 saturated carbocycles. The molecule has 2 aromatic carbocycles. The molecule has 1 fully saturated rings. The molecular weight excluding hydrogens is 314 g/mol. The van der Waals surface area contributed by atoms with Gasteiger partial charge in [0.1, 0.15) is 0 Å². The monoisotopic (exact) mass is 337 g/mol. The van der Waals surface area contributed by atoms with E-state index in [1.165, 1.54) is 5.56 Å². The summed E-state index contributed by atoms with van der Waals surface area (Å²) in [7, 11) is 0. The van der Waals surface area contributed by atoms with Gasteiger partial charge in [0.15, 0.2) is 0 Å². The van der Waals surface area contributed by atoms with Crippen LogP contribution in [0.5, 0.6) is 0 Å². The largest absolute Gasteiger partial charge is 0.352 e. The van der Waals surface area contributed by atoms with Gasteiger partial charge >= 0.3 is 6.03 Å². The van der Waals surface area contributed by atoms with Crippen molar-refractivity contribution < 1.29 is 9.59 Å². The molecule has 0 radical (unpaired) electrons. The molecule has 0 spiro atoms. The number of hydrogen-bond acceptors (Lipinski definition) is 2. The standard InChI is InChI=1S/C20H23N3O2/c1-3-21-19(24)15-9-10-17(13(2)11-15)22-20(25)23-18-12-16(18)14-7-5-4-6-8-14/h4-11,16,18H,3,12H2,1-2H3,(H,21,24)(H2,22,23,25). The van der Waals surface area contributed by atoms with Crippen LogP contribution in [0.25, 0.3) is 0 Å². The number of anilines is 1. The Balaban J connectivity index is 1.56. The van der Waals surface area contributed by atoms with Crippen molar-refractivity contribution in [3.63, 3.8) is 0 Å². The number of aryl methyl sites for hydroxylation is 1. The van der Waals surface area contributed by atoms with Crippen molar-refractivity contribution in [2.75, 3.05) is 11.9 Å². The van der Waals surface area contributed by atoms with Gasteiger partial charge in [0.2, 0.25) is 0 Å². The van der Waals surface area contributed by atoms with Crippen LogP contribution in [0.3, 0.4) is 0 Å². The number of carbonyl (C=O) groups excluding carboxylic acids is 2. The summed E-state index contributed by atoms with van der Waals surface area (Å²) in [6.45, 7) is 4.35. The normalized spacial score (nSPS) is 18.3. The van der Waals surface area contributed by atoms with Crippen LogP contribution < -0.4 is 16.0 Å². The summed E-state index contributed by atoms with van der Waals surface area (Å²) < 4.78 is 0. The number of rotatable bonds is 5. The Labute approximate surface area is 147 Å². The van der Waals surface area contributed by atoms with Crippen molar-refractivity contribution in [1.82, 2.24) is 10.6 Å². The molecule has 3 rings (SSSR count).